The molecule has 0 saturated heterocycles. The van der Waals surface area contributed by atoms with Gasteiger partial charge >= 0.3 is 0 Å². The molecular formula is C25H30N2O3. The first-order chi connectivity index (χ1) is 14.1. The molecule has 2 aromatic rings. The largest absolute Gasteiger partial charge is 0.472 e. The minimum atomic E-state index is -0.681. The van der Waals surface area contributed by atoms with E-state index in [0.29, 0.717) is 24.2 Å². The predicted molar refractivity (Wildman–Crippen MR) is 121 cm³/mol. The summed E-state index contributed by atoms with van der Waals surface area (Å²) in [6.07, 6.45) is 8.99. The van der Waals surface area contributed by atoms with Crippen molar-refractivity contribution in [3.8, 4) is 12.3 Å². The maximum Gasteiger partial charge on any atom is 0.235 e. The van der Waals surface area contributed by atoms with Gasteiger partial charge in [-0.05, 0) is 62.6 Å². The van der Waals surface area contributed by atoms with Crippen LogP contribution < -0.4 is 5.32 Å². The van der Waals surface area contributed by atoms with Gasteiger partial charge in [0.15, 0.2) is 6.79 Å². The van der Waals surface area contributed by atoms with Crippen LogP contribution in [0.4, 0.5) is 5.69 Å². The molecule has 1 aliphatic rings. The molecule has 0 aliphatic heterocycles. The molecule has 0 bridgehead atoms. The van der Waals surface area contributed by atoms with Crippen LogP contribution >= 0.6 is 0 Å². The van der Waals surface area contributed by atoms with Crippen molar-refractivity contribution >= 4 is 22.5 Å². The quantitative estimate of drug-likeness (QED) is 0.273. The number of carbonyl (C=O) groups excluding carboxylic acids is 1. The topological polar surface area (TPSA) is 74.3 Å². The number of aromatic amines is 1. The smallest absolute Gasteiger partial charge is 0.235 e. The fraction of sp³-hybridized carbons (Fsp3) is 0.400. The average Bonchev–Trinajstić information content (AvgIpc) is 3.37. The van der Waals surface area contributed by atoms with Gasteiger partial charge in [0, 0.05) is 33.3 Å². The number of allylic oxidation sites excluding steroid dienone is 3. The number of benzene rings is 1. The monoisotopic (exact) mass is 406 g/mol. The van der Waals surface area contributed by atoms with Crippen LogP contribution in [0.3, 0.4) is 0 Å². The van der Waals surface area contributed by atoms with Gasteiger partial charge in [0.2, 0.25) is 5.91 Å². The van der Waals surface area contributed by atoms with Crippen LogP contribution in [0.1, 0.15) is 53.2 Å². The Kier molecular flexibility index (Phi) is 5.83. The van der Waals surface area contributed by atoms with Crippen LogP contribution in [0.25, 0.3) is 10.9 Å². The molecule has 30 heavy (non-hydrogen) atoms. The molecule has 3 N–H and O–H groups in total. The first kappa shape index (κ1) is 21.7. The molecule has 0 radical (unpaired) electrons. The second-order valence-electron chi connectivity index (χ2n) is 8.99. The van der Waals surface area contributed by atoms with E-state index in [1.54, 1.807) is 6.92 Å². The predicted octanol–water partition coefficient (Wildman–Crippen LogP) is 5.00. The number of nitrogens with one attached hydrogen (secondary N) is 2. The van der Waals surface area contributed by atoms with Crippen LogP contribution in [0.2, 0.25) is 0 Å². The van der Waals surface area contributed by atoms with Crippen molar-refractivity contribution in [1.82, 2.24) is 4.98 Å². The van der Waals surface area contributed by atoms with Gasteiger partial charge in [-0.2, -0.15) is 0 Å². The minimum Gasteiger partial charge on any atom is -0.472 e. The lowest BCUT2D eigenvalue weighted by Crippen LogP contribution is -2.25. The van der Waals surface area contributed by atoms with Gasteiger partial charge in [-0.25, -0.2) is 0 Å². The van der Waals surface area contributed by atoms with Crippen LogP contribution in [0, 0.1) is 17.8 Å². The van der Waals surface area contributed by atoms with E-state index in [4.69, 9.17) is 16.3 Å². The van der Waals surface area contributed by atoms with Crippen LogP contribution in [0.5, 0.6) is 0 Å². The van der Waals surface area contributed by atoms with E-state index >= 15 is 0 Å². The van der Waals surface area contributed by atoms with Crippen molar-refractivity contribution in [2.24, 2.45) is 5.41 Å². The molecule has 5 heteroatoms. The molecule has 1 fully saturated rings. The second kappa shape index (κ2) is 8.04. The average molecular weight is 407 g/mol. The van der Waals surface area contributed by atoms with Crippen molar-refractivity contribution in [2.75, 3.05) is 12.1 Å². The molecule has 0 unspecified atom stereocenters. The zero-order valence-corrected chi connectivity index (χ0v) is 18.3. The first-order valence-electron chi connectivity index (χ1n) is 10.2. The van der Waals surface area contributed by atoms with Crippen molar-refractivity contribution in [3.05, 3.63) is 52.9 Å². The molecule has 1 aromatic heterocycles. The van der Waals surface area contributed by atoms with Crippen molar-refractivity contribution in [3.63, 3.8) is 0 Å². The fourth-order valence-electron chi connectivity index (χ4n) is 3.46. The molecule has 1 aromatic carbocycles. The zero-order chi connectivity index (χ0) is 22.1. The Balaban J connectivity index is 1.84. The van der Waals surface area contributed by atoms with E-state index in [-0.39, 0.29) is 11.3 Å². The molecule has 158 valence electrons. The molecule has 1 heterocycles. The SMILES string of the molecule is C#C/C(=C\C(C)=C(/C)OCO)C1(C(=O)Nc2ccc3[nH]c(C(C)(C)C)cc3c2)CC1. The second-order valence-corrected chi connectivity index (χ2v) is 8.99. The number of H-pyrrole nitrogens is 1. The summed E-state index contributed by atoms with van der Waals surface area (Å²) in [5.41, 5.74) is 3.72. The molecule has 3 rings (SSSR count). The Morgan fingerprint density at radius 2 is 2.03 bits per heavy atom. The highest BCUT2D eigenvalue weighted by Crippen LogP contribution is 2.53. The van der Waals surface area contributed by atoms with E-state index in [2.05, 4.69) is 43.1 Å². The molecule has 0 atom stereocenters. The highest BCUT2D eigenvalue weighted by atomic mass is 16.6. The van der Waals surface area contributed by atoms with Gasteiger partial charge in [0.25, 0.3) is 0 Å². The number of terminal acetylenes is 1. The van der Waals surface area contributed by atoms with Gasteiger partial charge in [-0.3, -0.25) is 4.79 Å². The normalized spacial score (nSPS) is 16.6. The third-order valence-electron chi connectivity index (χ3n) is 5.74. The van der Waals surface area contributed by atoms with Gasteiger partial charge in [0.1, 0.15) is 0 Å². The number of aliphatic hydroxyl groups is 1. The Morgan fingerprint density at radius 1 is 1.33 bits per heavy atom. The minimum absolute atomic E-state index is 0.0241. The highest BCUT2D eigenvalue weighted by molar-refractivity contribution is 6.01. The van der Waals surface area contributed by atoms with Crippen LogP contribution in [-0.2, 0) is 14.9 Å². The molecule has 0 spiro atoms. The summed E-state index contributed by atoms with van der Waals surface area (Å²) in [4.78, 5) is 16.6. The number of anilines is 1. The third kappa shape index (κ3) is 4.29. The number of fused-ring (bicyclic) bond motifs is 1. The fourth-order valence-corrected chi connectivity index (χ4v) is 3.46. The zero-order valence-electron chi connectivity index (χ0n) is 18.3. The summed E-state index contributed by atoms with van der Waals surface area (Å²) in [5.74, 6) is 3.18. The van der Waals surface area contributed by atoms with Gasteiger partial charge < -0.3 is 20.1 Å². The first-order valence-corrected chi connectivity index (χ1v) is 10.2. The van der Waals surface area contributed by atoms with E-state index in [1.165, 1.54) is 0 Å². The summed E-state index contributed by atoms with van der Waals surface area (Å²) in [6, 6.07) is 8.00. The highest BCUT2D eigenvalue weighted by Gasteiger charge is 2.52. The summed E-state index contributed by atoms with van der Waals surface area (Å²) in [6.45, 7) is 9.70. The summed E-state index contributed by atoms with van der Waals surface area (Å²) < 4.78 is 5.12. The summed E-state index contributed by atoms with van der Waals surface area (Å²) in [7, 11) is 0. The summed E-state index contributed by atoms with van der Waals surface area (Å²) in [5, 5.41) is 13.1. The lowest BCUT2D eigenvalue weighted by molar-refractivity contribution is -0.119. The van der Waals surface area contributed by atoms with Crippen molar-refractivity contribution in [1.29, 1.82) is 0 Å². The van der Waals surface area contributed by atoms with Crippen LogP contribution in [-0.4, -0.2) is 22.8 Å². The maximum absolute atomic E-state index is 13.1. The van der Waals surface area contributed by atoms with E-state index in [1.807, 2.05) is 31.2 Å². The van der Waals surface area contributed by atoms with E-state index in [0.717, 1.165) is 27.9 Å². The number of rotatable bonds is 6. The lowest BCUT2D eigenvalue weighted by atomic mass is 9.92. The number of aliphatic hydroxyl groups excluding tert-OH is 1. The molecule has 1 amide bonds. The molecule has 1 aliphatic carbocycles. The summed E-state index contributed by atoms with van der Waals surface area (Å²) >= 11 is 0. The number of ether oxygens (including phenoxy) is 1. The van der Waals surface area contributed by atoms with Gasteiger partial charge in [0.05, 0.1) is 11.2 Å². The van der Waals surface area contributed by atoms with Crippen molar-refractivity contribution < 1.29 is 14.6 Å². The van der Waals surface area contributed by atoms with E-state index < -0.39 is 12.2 Å². The van der Waals surface area contributed by atoms with Crippen LogP contribution in [0.15, 0.2) is 47.2 Å². The molecule has 5 nitrogen and oxygen atoms in total. The Labute approximate surface area is 178 Å². The number of amides is 1. The Bertz CT molecular complexity index is 1070. The molecular weight excluding hydrogens is 376 g/mol. The van der Waals surface area contributed by atoms with Gasteiger partial charge in [-0.1, -0.05) is 26.7 Å². The number of carbonyl (C=O) groups is 1. The lowest BCUT2D eigenvalue weighted by Gasteiger charge is -2.16. The number of hydrogen-bond acceptors (Lipinski definition) is 3. The number of hydrogen-bond donors (Lipinski definition) is 3. The van der Waals surface area contributed by atoms with E-state index in [9.17, 15) is 4.79 Å². The molecule has 1 saturated carbocycles. The number of aromatic nitrogens is 1. The van der Waals surface area contributed by atoms with Crippen molar-refractivity contribution in [2.45, 2.75) is 52.9 Å². The Morgan fingerprint density at radius 3 is 2.60 bits per heavy atom. The third-order valence-corrected chi connectivity index (χ3v) is 5.74. The van der Waals surface area contributed by atoms with Gasteiger partial charge in [-0.15, -0.1) is 6.42 Å². The Hall–Kier alpha value is -2.97. The standard InChI is InChI=1S/C25H30N2O3/c1-7-19(12-16(2)17(3)30-15-28)25(10-11-25)23(29)26-20-8-9-21-18(13-20)14-22(27-21)24(4,5)6/h1,8-9,12-14,27-28H,10-11,15H2,2-6H3,(H,26,29)/b17-16+,19-12+. The maximum atomic E-state index is 13.1.